The molecule has 0 aromatic heterocycles. The Hall–Kier alpha value is -8.08. The fourth-order valence-corrected chi connectivity index (χ4v) is 9.29. The third-order valence-electron chi connectivity index (χ3n) is 14.4. The van der Waals surface area contributed by atoms with Gasteiger partial charge in [-0.1, -0.05) is 192 Å². The molecule has 3 amide bonds. The maximum atomic E-state index is 12.9. The highest BCUT2D eigenvalue weighted by molar-refractivity contribution is 5.83. The van der Waals surface area contributed by atoms with E-state index in [1.807, 2.05) is 153 Å². The number of aliphatic hydroxyl groups is 1. The van der Waals surface area contributed by atoms with Crippen LogP contribution in [0, 0.1) is 0 Å². The van der Waals surface area contributed by atoms with Crippen LogP contribution in [0.3, 0.4) is 0 Å². The van der Waals surface area contributed by atoms with Crippen molar-refractivity contribution in [3.8, 4) is 0 Å². The molecule has 3 aromatic carbocycles. The summed E-state index contributed by atoms with van der Waals surface area (Å²) < 4.78 is 84.8. The van der Waals surface area contributed by atoms with E-state index in [1.54, 1.807) is 0 Å². The number of alkyl carbamates (subject to hydrolysis) is 3. The summed E-state index contributed by atoms with van der Waals surface area (Å²) in [5.74, 6) is -1.93. The Kier molecular flexibility index (Phi) is 45.1. The molecule has 0 saturated carbocycles. The number of cyclic esters (lactones) is 2. The fourth-order valence-electron chi connectivity index (χ4n) is 9.29. The second-order valence-corrected chi connectivity index (χ2v) is 24.8. The number of benzene rings is 3. The minimum Gasteiger partial charge on any atom is -0.467 e. The highest BCUT2D eigenvalue weighted by atomic mass is 16.6. The number of carbonyl (C=O) groups is 6. The van der Waals surface area contributed by atoms with E-state index in [4.69, 9.17) is 71.1 Å². The van der Waals surface area contributed by atoms with E-state index < -0.39 is 109 Å². The Balaban J connectivity index is 0.000000518. The lowest BCUT2D eigenvalue weighted by Gasteiger charge is -2.32. The van der Waals surface area contributed by atoms with E-state index in [1.165, 1.54) is 7.11 Å². The Morgan fingerprint density at radius 2 is 0.873 bits per heavy atom. The van der Waals surface area contributed by atoms with Crippen LogP contribution < -0.4 is 16.0 Å². The van der Waals surface area contributed by atoms with Crippen LogP contribution in [0.2, 0.25) is 0 Å². The molecule has 25 heteroatoms. The molecule has 5 rings (SSSR count). The second-order valence-electron chi connectivity index (χ2n) is 24.8. The van der Waals surface area contributed by atoms with Crippen molar-refractivity contribution in [1.82, 2.24) is 16.0 Å². The molecule has 0 radical (unpaired) electrons. The number of nitrogens with one attached hydrogen (secondary N) is 3. The Morgan fingerprint density at radius 3 is 1.23 bits per heavy atom. The Labute approximate surface area is 603 Å². The number of hydrogen-bond donors (Lipinski definition) is 4. The van der Waals surface area contributed by atoms with Gasteiger partial charge in [0.2, 0.25) is 0 Å². The molecule has 102 heavy (non-hydrogen) atoms. The number of hydrogen-bond acceptors (Lipinski definition) is 22. The highest BCUT2D eigenvalue weighted by Gasteiger charge is 2.40. The zero-order valence-electron chi connectivity index (χ0n) is 60.6. The van der Waals surface area contributed by atoms with Crippen molar-refractivity contribution in [2.45, 2.75) is 182 Å². The minimum atomic E-state index is -1.10. The number of aliphatic hydroxyl groups excluding tert-OH is 1. The third-order valence-corrected chi connectivity index (χ3v) is 14.4. The first kappa shape index (κ1) is 90.0. The maximum absolute atomic E-state index is 12.9. The zero-order valence-corrected chi connectivity index (χ0v) is 60.6. The van der Waals surface area contributed by atoms with Crippen molar-refractivity contribution >= 4 is 36.2 Å². The van der Waals surface area contributed by atoms with Gasteiger partial charge in [0.05, 0.1) is 92.5 Å². The molecule has 0 aliphatic carbocycles. The van der Waals surface area contributed by atoms with Gasteiger partial charge in [-0.3, -0.25) is 0 Å². The predicted molar refractivity (Wildman–Crippen MR) is 386 cm³/mol. The normalized spacial score (nSPS) is 20.1. The van der Waals surface area contributed by atoms with Crippen molar-refractivity contribution in [1.29, 1.82) is 0 Å². The first-order valence-electron chi connectivity index (χ1n) is 33.6. The Bertz CT molecular complexity index is 2890. The van der Waals surface area contributed by atoms with E-state index in [2.05, 4.69) is 55.4 Å². The van der Waals surface area contributed by atoms with Gasteiger partial charge in [-0.25, -0.2) is 28.8 Å². The van der Waals surface area contributed by atoms with E-state index in [0.29, 0.717) is 45.7 Å². The smallest absolute Gasteiger partial charge is 0.408 e. The summed E-state index contributed by atoms with van der Waals surface area (Å²) in [5, 5.41) is 18.0. The van der Waals surface area contributed by atoms with Crippen LogP contribution in [0.4, 0.5) is 14.4 Å². The van der Waals surface area contributed by atoms with Crippen LogP contribution >= 0.6 is 0 Å². The van der Waals surface area contributed by atoms with Crippen LogP contribution in [0.5, 0.6) is 0 Å². The van der Waals surface area contributed by atoms with Gasteiger partial charge in [-0.05, 0) is 77.5 Å². The molecule has 0 spiro atoms. The van der Waals surface area contributed by atoms with Crippen molar-refractivity contribution in [3.63, 3.8) is 0 Å². The highest BCUT2D eigenvalue weighted by Crippen LogP contribution is 2.23. The summed E-state index contributed by atoms with van der Waals surface area (Å²) in [7, 11) is 1.21. The third kappa shape index (κ3) is 37.2. The van der Waals surface area contributed by atoms with Gasteiger partial charge >= 0.3 is 36.2 Å². The Morgan fingerprint density at radius 1 is 0.510 bits per heavy atom. The van der Waals surface area contributed by atoms with E-state index in [-0.39, 0.29) is 80.1 Å². The number of ether oxygens (including phenoxy) is 15. The molecule has 3 aromatic rings. The molecule has 568 valence electrons. The minimum absolute atomic E-state index is 0. The molecule has 2 heterocycles. The molecular formula is C77H113N3O22. The first-order chi connectivity index (χ1) is 48.3. The van der Waals surface area contributed by atoms with Crippen molar-refractivity contribution < 1.29 is 105 Å². The number of esters is 3. The summed E-state index contributed by atoms with van der Waals surface area (Å²) in [6.07, 6.45) is -6.34. The predicted octanol–water partition coefficient (Wildman–Crippen LogP) is 10.9. The van der Waals surface area contributed by atoms with Gasteiger partial charge in [0.15, 0.2) is 18.1 Å². The van der Waals surface area contributed by atoms with E-state index in [9.17, 15) is 33.9 Å². The molecular weight excluding hydrogens is 1320 g/mol. The molecule has 2 aliphatic heterocycles. The van der Waals surface area contributed by atoms with Gasteiger partial charge in [-0.15, -0.1) is 0 Å². The average molecular weight is 1430 g/mol. The van der Waals surface area contributed by atoms with E-state index >= 15 is 0 Å². The van der Waals surface area contributed by atoms with Crippen molar-refractivity contribution in [3.05, 3.63) is 181 Å². The van der Waals surface area contributed by atoms with Crippen molar-refractivity contribution in [2.75, 3.05) is 86.4 Å². The average Bonchev–Trinajstić information content (AvgIpc) is 1.60. The van der Waals surface area contributed by atoms with Crippen LogP contribution in [0.1, 0.15) is 106 Å². The standard InChI is InChI=1S/C26H39NO8.2C25H35NO7.CH4/c1-7-22(28)24(34-14-19(4)5)23(33-13-18(2)3)17-32-16-21(25(29)31-6)27-26(30)35-15-20-11-9-8-10-12-20;2*1-6-21-23(31-13-18(4)5)22(30-12-17(2)3)16-29-15-20(24(27)33-21)26-25(28)32-14-19-10-8-7-9-11-19;/h8-12,21-24,28H,2,4,7,13-17H2,1,3,5-6H3,(H,27,30);2*7-11,20-23H,2,4,6,12-16H2,1,3,5H3,(H,26,28);1H4/t21-,22+,23-,24-;20-,21+,22-,23-;20-,21-,22+,23+;/m001./s1. The molecule has 2 saturated heterocycles. The van der Waals surface area contributed by atoms with Crippen LogP contribution in [0.25, 0.3) is 0 Å². The molecule has 0 bridgehead atoms. The number of rotatable bonds is 37. The van der Waals surface area contributed by atoms with Crippen molar-refractivity contribution in [2.24, 2.45) is 0 Å². The summed E-state index contributed by atoms with van der Waals surface area (Å²) in [5.41, 5.74) is 7.41. The molecule has 2 fully saturated rings. The van der Waals surface area contributed by atoms with Gasteiger partial charge < -0.3 is 92.1 Å². The topological polar surface area (TPSA) is 297 Å². The van der Waals surface area contributed by atoms with Crippen LogP contribution in [-0.4, -0.2) is 201 Å². The lowest BCUT2D eigenvalue weighted by Crippen LogP contribution is -2.47. The van der Waals surface area contributed by atoms with Gasteiger partial charge in [0.25, 0.3) is 0 Å². The number of methoxy groups -OCH3 is 1. The fraction of sp³-hybridized carbons (Fsp3) is 0.532. The number of carbonyl (C=O) groups excluding carboxylic acids is 6. The van der Waals surface area contributed by atoms with Gasteiger partial charge in [0, 0.05) is 0 Å². The monoisotopic (exact) mass is 1430 g/mol. The second kappa shape index (κ2) is 51.1. The van der Waals surface area contributed by atoms with Gasteiger partial charge in [-0.2, -0.15) is 0 Å². The first-order valence-corrected chi connectivity index (χ1v) is 33.6. The molecule has 25 nitrogen and oxygen atoms in total. The molecule has 4 N–H and O–H groups in total. The summed E-state index contributed by atoms with van der Waals surface area (Å²) in [4.78, 5) is 74.7. The molecule has 2 aliphatic rings. The lowest BCUT2D eigenvalue weighted by molar-refractivity contribution is -0.169. The van der Waals surface area contributed by atoms with Gasteiger partial charge in [0.1, 0.15) is 68.7 Å². The summed E-state index contributed by atoms with van der Waals surface area (Å²) in [6, 6.07) is 24.5. The largest absolute Gasteiger partial charge is 0.467 e. The zero-order chi connectivity index (χ0) is 74.7. The lowest BCUT2D eigenvalue weighted by atomic mass is 10.1. The van der Waals surface area contributed by atoms with E-state index in [0.717, 1.165) is 50.1 Å². The SMILES string of the molecule is C.C=C(C)CO[C@@H]([C@H](O)CC)[C@H](COC[C@H](NC(=O)OCc1ccccc1)C(=O)OC)OCC(=C)C.C=C(C)CO[C@@H]1[C@@H](OCC(=C)C)COC[C@@H](NC(=O)OCc2ccccc2)C(=O)O[C@@H]1CC.C=C(C)CO[C@@H]1[C@@H](OCC(=C)C)COC[C@H](NC(=O)OCc2ccccc2)C(=O)O[C@@H]1CC. The maximum Gasteiger partial charge on any atom is 0.408 e. The summed E-state index contributed by atoms with van der Waals surface area (Å²) in [6.45, 7) is 41.6. The molecule has 0 unspecified atom stereocenters. The quantitative estimate of drug-likeness (QED) is 0.0237. The number of amides is 3. The molecule has 12 atom stereocenters. The van der Waals surface area contributed by atoms with Crippen LogP contribution in [0.15, 0.2) is 164 Å². The summed E-state index contributed by atoms with van der Waals surface area (Å²) >= 11 is 0. The van der Waals surface area contributed by atoms with Crippen LogP contribution in [-0.2, 0) is 105 Å².